The molecule has 0 aliphatic heterocycles. The molecule has 224 valence electrons. The van der Waals surface area contributed by atoms with Crippen LogP contribution in [0.5, 0.6) is 0 Å². The van der Waals surface area contributed by atoms with E-state index in [-0.39, 0.29) is 29.1 Å². The van der Waals surface area contributed by atoms with Crippen LogP contribution < -0.4 is 9.62 Å². The van der Waals surface area contributed by atoms with Crippen molar-refractivity contribution in [1.82, 2.24) is 10.2 Å². The molecule has 1 aliphatic rings. The number of benzene rings is 3. The number of carbonyl (C=O) groups excluding carboxylic acids is 2. The van der Waals surface area contributed by atoms with Gasteiger partial charge in [-0.25, -0.2) is 12.8 Å². The Morgan fingerprint density at radius 3 is 2.24 bits per heavy atom. The molecule has 0 saturated heterocycles. The van der Waals surface area contributed by atoms with Crippen molar-refractivity contribution >= 4 is 50.7 Å². The van der Waals surface area contributed by atoms with Crippen LogP contribution in [0.2, 0.25) is 10.0 Å². The van der Waals surface area contributed by atoms with Crippen LogP contribution in [0, 0.1) is 12.7 Å². The molecule has 42 heavy (non-hydrogen) atoms. The number of hydrogen-bond acceptors (Lipinski definition) is 4. The van der Waals surface area contributed by atoms with Crippen molar-refractivity contribution in [3.63, 3.8) is 0 Å². The van der Waals surface area contributed by atoms with Crippen LogP contribution in [0.25, 0.3) is 0 Å². The fraction of sp³-hybridized carbons (Fsp3) is 0.355. The second kappa shape index (κ2) is 13.9. The molecule has 3 aromatic rings. The van der Waals surface area contributed by atoms with Crippen LogP contribution >= 0.6 is 23.2 Å². The molecule has 1 saturated carbocycles. The molecule has 11 heteroatoms. The van der Waals surface area contributed by atoms with Gasteiger partial charge in [-0.15, -0.1) is 0 Å². The number of halogens is 3. The van der Waals surface area contributed by atoms with E-state index in [2.05, 4.69) is 5.32 Å². The summed E-state index contributed by atoms with van der Waals surface area (Å²) < 4.78 is 42.4. The van der Waals surface area contributed by atoms with Gasteiger partial charge in [0.1, 0.15) is 18.4 Å². The second-order valence-electron chi connectivity index (χ2n) is 10.6. The quantitative estimate of drug-likeness (QED) is 0.276. The Bertz CT molecular complexity index is 1510. The summed E-state index contributed by atoms with van der Waals surface area (Å²) in [5.74, 6) is -1.52. The van der Waals surface area contributed by atoms with E-state index in [1.54, 1.807) is 37.3 Å². The molecule has 0 bridgehead atoms. The minimum Gasteiger partial charge on any atom is -0.352 e. The van der Waals surface area contributed by atoms with Crippen LogP contribution in [0.1, 0.15) is 50.2 Å². The normalized spacial score (nSPS) is 14.7. The highest BCUT2D eigenvalue weighted by Crippen LogP contribution is 2.27. The first-order chi connectivity index (χ1) is 20.0. The zero-order chi connectivity index (χ0) is 30.4. The van der Waals surface area contributed by atoms with Gasteiger partial charge in [0, 0.05) is 22.6 Å². The number of amides is 2. The summed E-state index contributed by atoms with van der Waals surface area (Å²) in [6.07, 6.45) is 4.89. The molecule has 2 amide bonds. The molecule has 0 spiro atoms. The molecule has 4 rings (SSSR count). The van der Waals surface area contributed by atoms with E-state index in [9.17, 15) is 22.4 Å². The molecule has 1 fully saturated rings. The van der Waals surface area contributed by atoms with Gasteiger partial charge in [0.15, 0.2) is 0 Å². The Morgan fingerprint density at radius 1 is 0.976 bits per heavy atom. The average Bonchev–Trinajstić information content (AvgIpc) is 2.96. The van der Waals surface area contributed by atoms with Gasteiger partial charge in [0.2, 0.25) is 11.8 Å². The third kappa shape index (κ3) is 7.82. The Hall–Kier alpha value is -3.14. The van der Waals surface area contributed by atoms with E-state index < -0.39 is 34.3 Å². The summed E-state index contributed by atoms with van der Waals surface area (Å²) in [7, 11) is -4.25. The lowest BCUT2D eigenvalue weighted by atomic mass is 9.95. The Balaban J connectivity index is 1.69. The fourth-order valence-corrected chi connectivity index (χ4v) is 6.84. The summed E-state index contributed by atoms with van der Waals surface area (Å²) in [6, 6.07) is 15.0. The van der Waals surface area contributed by atoms with Crippen LogP contribution in [0.4, 0.5) is 10.1 Å². The van der Waals surface area contributed by atoms with E-state index in [0.717, 1.165) is 54.1 Å². The van der Waals surface area contributed by atoms with Gasteiger partial charge in [-0.3, -0.25) is 13.9 Å². The highest BCUT2D eigenvalue weighted by molar-refractivity contribution is 7.92. The van der Waals surface area contributed by atoms with Crippen molar-refractivity contribution in [2.45, 2.75) is 69.5 Å². The third-order valence-corrected chi connectivity index (χ3v) is 9.85. The number of sulfonamides is 1. The van der Waals surface area contributed by atoms with E-state index in [1.807, 2.05) is 6.92 Å². The predicted molar refractivity (Wildman–Crippen MR) is 164 cm³/mol. The number of rotatable bonds is 10. The lowest BCUT2D eigenvalue weighted by molar-refractivity contribution is -0.139. The number of anilines is 1. The van der Waals surface area contributed by atoms with Crippen LogP contribution in [-0.2, 0) is 26.2 Å². The Morgan fingerprint density at radius 2 is 1.62 bits per heavy atom. The van der Waals surface area contributed by atoms with E-state index in [1.165, 1.54) is 29.2 Å². The van der Waals surface area contributed by atoms with Crippen molar-refractivity contribution < 1.29 is 22.4 Å². The van der Waals surface area contributed by atoms with E-state index >= 15 is 0 Å². The zero-order valence-corrected chi connectivity index (χ0v) is 25.9. The summed E-state index contributed by atoms with van der Waals surface area (Å²) in [4.78, 5) is 28.7. The largest absolute Gasteiger partial charge is 0.352 e. The van der Waals surface area contributed by atoms with Crippen molar-refractivity contribution in [3.8, 4) is 0 Å². The SMILES string of the molecule is Cc1ccc(S(=O)(=O)N(CC(=O)N(Cc2ccc(Cl)cc2Cl)C(C)C(=O)NC2CCCCC2)c2ccc(F)cc2)cc1. The van der Waals surface area contributed by atoms with Crippen molar-refractivity contribution in [1.29, 1.82) is 0 Å². The van der Waals surface area contributed by atoms with Gasteiger partial charge in [0.05, 0.1) is 10.6 Å². The first-order valence-electron chi connectivity index (χ1n) is 13.8. The first kappa shape index (κ1) is 31.8. The smallest absolute Gasteiger partial charge is 0.264 e. The maximum Gasteiger partial charge on any atom is 0.264 e. The molecule has 0 heterocycles. The van der Waals surface area contributed by atoms with Gasteiger partial charge in [-0.05, 0) is 80.8 Å². The highest BCUT2D eigenvalue weighted by atomic mass is 35.5. The van der Waals surface area contributed by atoms with Crippen molar-refractivity contribution in [2.24, 2.45) is 0 Å². The zero-order valence-electron chi connectivity index (χ0n) is 23.5. The lowest BCUT2D eigenvalue weighted by Crippen LogP contribution is -2.53. The third-order valence-electron chi connectivity index (χ3n) is 7.48. The topological polar surface area (TPSA) is 86.8 Å². The number of aryl methyl sites for hydroxylation is 1. The number of carbonyl (C=O) groups is 2. The molecule has 1 atom stereocenters. The van der Waals surface area contributed by atoms with Gasteiger partial charge >= 0.3 is 0 Å². The Labute approximate surface area is 256 Å². The average molecular weight is 635 g/mol. The molecular formula is C31H34Cl2FN3O4S. The van der Waals surface area contributed by atoms with Crippen molar-refractivity contribution in [2.75, 3.05) is 10.8 Å². The minimum absolute atomic E-state index is 0.0161. The first-order valence-corrected chi connectivity index (χ1v) is 16.0. The second-order valence-corrected chi connectivity index (χ2v) is 13.3. The number of hydrogen-bond donors (Lipinski definition) is 1. The van der Waals surface area contributed by atoms with Crippen LogP contribution in [-0.4, -0.2) is 43.8 Å². The molecule has 1 N–H and O–H groups in total. The highest BCUT2D eigenvalue weighted by Gasteiger charge is 2.33. The molecule has 7 nitrogen and oxygen atoms in total. The summed E-state index contributed by atoms with van der Waals surface area (Å²) in [5, 5.41) is 3.78. The summed E-state index contributed by atoms with van der Waals surface area (Å²) in [5.41, 5.74) is 1.51. The van der Waals surface area contributed by atoms with Gasteiger partial charge < -0.3 is 10.2 Å². The van der Waals surface area contributed by atoms with Crippen LogP contribution in [0.3, 0.4) is 0 Å². The van der Waals surface area contributed by atoms with E-state index in [4.69, 9.17) is 23.2 Å². The monoisotopic (exact) mass is 633 g/mol. The molecular weight excluding hydrogens is 600 g/mol. The molecule has 1 unspecified atom stereocenters. The fourth-order valence-electron chi connectivity index (χ4n) is 4.96. The maximum atomic E-state index is 14.0. The Kier molecular flexibility index (Phi) is 10.5. The number of nitrogens with one attached hydrogen (secondary N) is 1. The summed E-state index contributed by atoms with van der Waals surface area (Å²) >= 11 is 12.5. The van der Waals surface area contributed by atoms with E-state index in [0.29, 0.717) is 15.6 Å². The summed E-state index contributed by atoms with van der Waals surface area (Å²) in [6.45, 7) is 2.75. The molecule has 1 aliphatic carbocycles. The molecule has 0 radical (unpaired) electrons. The molecule has 3 aromatic carbocycles. The van der Waals surface area contributed by atoms with Gasteiger partial charge in [-0.1, -0.05) is 66.2 Å². The lowest BCUT2D eigenvalue weighted by Gasteiger charge is -2.33. The molecule has 0 aromatic heterocycles. The van der Waals surface area contributed by atoms with Gasteiger partial charge in [-0.2, -0.15) is 0 Å². The predicted octanol–water partition coefficient (Wildman–Crippen LogP) is 6.50. The van der Waals surface area contributed by atoms with Gasteiger partial charge in [0.25, 0.3) is 10.0 Å². The maximum absolute atomic E-state index is 14.0. The standard InChI is InChI=1S/C31H34Cl2FN3O4S/c1-21-8-16-28(17-9-21)42(40,41)37(27-14-12-25(34)13-15-27)20-30(38)36(19-23-10-11-24(32)18-29(23)33)22(2)31(39)35-26-6-4-3-5-7-26/h8-18,22,26H,3-7,19-20H2,1-2H3,(H,35,39). The number of nitrogens with zero attached hydrogens (tertiary/aromatic N) is 2. The minimum atomic E-state index is -4.25. The van der Waals surface area contributed by atoms with Crippen molar-refractivity contribution in [3.05, 3.63) is 93.7 Å². The van der Waals surface area contributed by atoms with Crippen LogP contribution in [0.15, 0.2) is 71.6 Å².